The summed E-state index contributed by atoms with van der Waals surface area (Å²) in [4.78, 5) is 25.6. The summed E-state index contributed by atoms with van der Waals surface area (Å²) >= 11 is 3.44. The van der Waals surface area contributed by atoms with Crippen molar-refractivity contribution >= 4 is 27.8 Å². The van der Waals surface area contributed by atoms with Gasteiger partial charge >= 0.3 is 5.97 Å². The number of rotatable bonds is 13. The lowest BCUT2D eigenvalue weighted by atomic mass is 9.98. The number of carbonyl (C=O) groups excluding carboxylic acids is 2. The molecule has 6 nitrogen and oxygen atoms in total. The fourth-order valence-corrected chi connectivity index (χ4v) is 4.41. The number of unbranched alkanes of at least 4 members (excludes halogenated alkanes) is 4. The average Bonchev–Trinajstić information content (AvgIpc) is 2.91. The second-order valence-electron chi connectivity index (χ2n) is 8.85. The number of para-hydroxylation sites is 1. The molecule has 3 rings (SSSR count). The number of nitrogens with one attached hydrogen (secondary N) is 1. The highest BCUT2D eigenvalue weighted by atomic mass is 79.9. The summed E-state index contributed by atoms with van der Waals surface area (Å²) in [5.74, 6) is -0.0982. The number of carbonyl (C=O) groups is 2. The van der Waals surface area contributed by atoms with Crippen molar-refractivity contribution in [1.82, 2.24) is 5.32 Å². The monoisotopic (exact) mass is 567 g/mol. The molecule has 1 atom stereocenters. The fraction of sp³-hybridized carbons (Fsp3) is 0.333. The Kier molecular flexibility index (Phi) is 11.0. The molecule has 0 bridgehead atoms. The normalized spacial score (nSPS) is 11.5. The van der Waals surface area contributed by atoms with Crippen molar-refractivity contribution in [3.63, 3.8) is 0 Å². The first-order valence-corrected chi connectivity index (χ1v) is 13.4. The SMILES string of the molecule is CCCCCCCOc1ccc(Br)cc1C(=O)NC(CC(=O)OC)c1ccc(-c2ccccc2O)cc1. The van der Waals surface area contributed by atoms with E-state index in [9.17, 15) is 14.7 Å². The number of methoxy groups -OCH3 is 1. The molecule has 0 heterocycles. The first-order valence-electron chi connectivity index (χ1n) is 12.6. The number of halogens is 1. The lowest BCUT2D eigenvalue weighted by Crippen LogP contribution is -2.31. The first-order chi connectivity index (χ1) is 17.9. The van der Waals surface area contributed by atoms with Crippen molar-refractivity contribution < 1.29 is 24.2 Å². The summed E-state index contributed by atoms with van der Waals surface area (Å²) < 4.78 is 11.6. The van der Waals surface area contributed by atoms with E-state index in [4.69, 9.17) is 9.47 Å². The van der Waals surface area contributed by atoms with Crippen LogP contribution in [-0.4, -0.2) is 30.7 Å². The molecule has 0 aromatic heterocycles. The van der Waals surface area contributed by atoms with Crippen LogP contribution in [0.5, 0.6) is 11.5 Å². The molecule has 0 spiro atoms. The van der Waals surface area contributed by atoms with Gasteiger partial charge < -0.3 is 19.9 Å². The first kappa shape index (κ1) is 28.3. The van der Waals surface area contributed by atoms with Crippen LogP contribution in [0, 0.1) is 0 Å². The van der Waals surface area contributed by atoms with Crippen LogP contribution in [0.3, 0.4) is 0 Å². The summed E-state index contributed by atoms with van der Waals surface area (Å²) in [6.45, 7) is 2.71. The smallest absolute Gasteiger partial charge is 0.307 e. The standard InChI is InChI=1S/C30H34BrNO5/c1-3-4-5-6-9-18-37-28-17-16-23(31)19-25(28)30(35)32-26(20-29(34)36-2)22-14-12-21(13-15-22)24-10-7-8-11-27(24)33/h7-8,10-17,19,26,33H,3-6,9,18,20H2,1-2H3,(H,32,35). The third-order valence-corrected chi connectivity index (χ3v) is 6.62. The van der Waals surface area contributed by atoms with Gasteiger partial charge in [0, 0.05) is 10.0 Å². The maximum atomic E-state index is 13.4. The highest BCUT2D eigenvalue weighted by Gasteiger charge is 2.22. The average molecular weight is 569 g/mol. The van der Waals surface area contributed by atoms with E-state index in [-0.39, 0.29) is 18.1 Å². The number of aromatic hydroxyl groups is 1. The predicted octanol–water partition coefficient (Wildman–Crippen LogP) is 7.21. The Morgan fingerprint density at radius 3 is 2.41 bits per heavy atom. The molecule has 1 unspecified atom stereocenters. The van der Waals surface area contributed by atoms with Crippen molar-refractivity contribution in [2.45, 2.75) is 51.5 Å². The summed E-state index contributed by atoms with van der Waals surface area (Å²) in [5, 5.41) is 13.1. The molecule has 0 aliphatic rings. The van der Waals surface area contributed by atoms with Crippen LogP contribution in [-0.2, 0) is 9.53 Å². The van der Waals surface area contributed by atoms with Crippen LogP contribution in [0.1, 0.15) is 67.4 Å². The van der Waals surface area contributed by atoms with Crippen LogP contribution < -0.4 is 10.1 Å². The van der Waals surface area contributed by atoms with Gasteiger partial charge in [-0.3, -0.25) is 9.59 Å². The van der Waals surface area contributed by atoms with Gasteiger partial charge in [0.2, 0.25) is 0 Å². The van der Waals surface area contributed by atoms with Crippen LogP contribution in [0.4, 0.5) is 0 Å². The lowest BCUT2D eigenvalue weighted by Gasteiger charge is -2.20. The van der Waals surface area contributed by atoms with Crippen LogP contribution in [0.25, 0.3) is 11.1 Å². The number of phenolic OH excluding ortho intramolecular Hbond substituents is 1. The van der Waals surface area contributed by atoms with Gasteiger partial charge in [-0.25, -0.2) is 0 Å². The van der Waals surface area contributed by atoms with Crippen molar-refractivity contribution in [1.29, 1.82) is 0 Å². The molecule has 0 saturated carbocycles. The Hall–Kier alpha value is -3.32. The van der Waals surface area contributed by atoms with Gasteiger partial charge in [0.05, 0.1) is 31.7 Å². The number of benzene rings is 3. The maximum Gasteiger partial charge on any atom is 0.307 e. The molecule has 0 saturated heterocycles. The molecule has 37 heavy (non-hydrogen) atoms. The zero-order valence-electron chi connectivity index (χ0n) is 21.3. The minimum Gasteiger partial charge on any atom is -0.507 e. The molecule has 196 valence electrons. The Balaban J connectivity index is 1.78. The number of amides is 1. The minimum atomic E-state index is -0.612. The Labute approximate surface area is 227 Å². The van der Waals surface area contributed by atoms with Gasteiger partial charge in [0.25, 0.3) is 5.91 Å². The van der Waals surface area contributed by atoms with Crippen molar-refractivity contribution in [2.24, 2.45) is 0 Å². The molecular formula is C30H34BrNO5. The van der Waals surface area contributed by atoms with E-state index in [1.165, 1.54) is 26.4 Å². The molecule has 0 aliphatic heterocycles. The van der Waals surface area contributed by atoms with Crippen LogP contribution in [0.2, 0.25) is 0 Å². The largest absolute Gasteiger partial charge is 0.507 e. The molecule has 0 radical (unpaired) electrons. The summed E-state index contributed by atoms with van der Waals surface area (Å²) in [6, 6.07) is 19.2. The third-order valence-electron chi connectivity index (χ3n) is 6.12. The summed E-state index contributed by atoms with van der Waals surface area (Å²) in [6.07, 6.45) is 5.55. The van der Waals surface area contributed by atoms with Crippen LogP contribution >= 0.6 is 15.9 Å². The molecule has 1 amide bonds. The van der Waals surface area contributed by atoms with Gasteiger partial charge in [-0.2, -0.15) is 0 Å². The van der Waals surface area contributed by atoms with Crippen LogP contribution in [0.15, 0.2) is 71.2 Å². The highest BCUT2D eigenvalue weighted by molar-refractivity contribution is 9.10. The Morgan fingerprint density at radius 2 is 1.70 bits per heavy atom. The minimum absolute atomic E-state index is 0.0280. The zero-order chi connectivity index (χ0) is 26.6. The van der Waals surface area contributed by atoms with Gasteiger partial charge in [0.1, 0.15) is 11.5 Å². The van der Waals surface area contributed by atoms with E-state index in [0.29, 0.717) is 23.5 Å². The predicted molar refractivity (Wildman–Crippen MR) is 149 cm³/mol. The fourth-order valence-electron chi connectivity index (χ4n) is 4.04. The molecule has 2 N–H and O–H groups in total. The number of ether oxygens (including phenoxy) is 2. The molecule has 3 aromatic rings. The maximum absolute atomic E-state index is 13.4. The molecule has 7 heteroatoms. The van der Waals surface area contributed by atoms with E-state index >= 15 is 0 Å². The van der Waals surface area contributed by atoms with E-state index in [2.05, 4.69) is 28.2 Å². The number of hydrogen-bond acceptors (Lipinski definition) is 5. The van der Waals surface area contributed by atoms with Crippen molar-refractivity contribution in [3.8, 4) is 22.6 Å². The topological polar surface area (TPSA) is 84.9 Å². The van der Waals surface area contributed by atoms with E-state index in [0.717, 1.165) is 28.4 Å². The zero-order valence-corrected chi connectivity index (χ0v) is 22.9. The molecule has 0 aliphatic carbocycles. The number of phenols is 1. The third kappa shape index (κ3) is 8.35. The quantitative estimate of drug-likeness (QED) is 0.168. The van der Waals surface area contributed by atoms with Crippen molar-refractivity contribution in [2.75, 3.05) is 13.7 Å². The summed E-state index contributed by atoms with van der Waals surface area (Å²) in [7, 11) is 1.32. The molecular weight excluding hydrogens is 534 g/mol. The number of hydrogen-bond donors (Lipinski definition) is 2. The van der Waals surface area contributed by atoms with E-state index in [1.807, 2.05) is 42.5 Å². The summed E-state index contributed by atoms with van der Waals surface area (Å²) in [5.41, 5.74) is 2.66. The second kappa shape index (κ2) is 14.4. The van der Waals surface area contributed by atoms with E-state index < -0.39 is 12.0 Å². The van der Waals surface area contributed by atoms with E-state index in [1.54, 1.807) is 24.3 Å². The highest BCUT2D eigenvalue weighted by Crippen LogP contribution is 2.31. The second-order valence-corrected chi connectivity index (χ2v) is 9.76. The van der Waals surface area contributed by atoms with Gasteiger partial charge in [-0.15, -0.1) is 0 Å². The van der Waals surface area contributed by atoms with Gasteiger partial charge in [0.15, 0.2) is 0 Å². The van der Waals surface area contributed by atoms with Gasteiger partial charge in [-0.05, 0) is 41.8 Å². The Bertz CT molecular complexity index is 1180. The number of esters is 1. The lowest BCUT2D eigenvalue weighted by molar-refractivity contribution is -0.141. The van der Waals surface area contributed by atoms with Crippen molar-refractivity contribution in [3.05, 3.63) is 82.3 Å². The molecule has 0 fully saturated rings. The molecule has 3 aromatic carbocycles. The van der Waals surface area contributed by atoms with Gasteiger partial charge in [-0.1, -0.05) is 91.0 Å². The Morgan fingerprint density at radius 1 is 0.973 bits per heavy atom.